The molecule has 2 N–H and O–H groups in total. The Morgan fingerprint density at radius 3 is 2.45 bits per heavy atom. The summed E-state index contributed by atoms with van der Waals surface area (Å²) in [7, 11) is 0. The van der Waals surface area contributed by atoms with E-state index < -0.39 is 18.0 Å². The van der Waals surface area contributed by atoms with Crippen LogP contribution in [0.4, 0.5) is 0 Å². The number of amides is 2. The number of benzene rings is 1. The highest BCUT2D eigenvalue weighted by molar-refractivity contribution is 5.90. The molecule has 0 aliphatic carbocycles. The van der Waals surface area contributed by atoms with Gasteiger partial charge in [0.2, 0.25) is 11.8 Å². The van der Waals surface area contributed by atoms with Gasteiger partial charge in [0.15, 0.2) is 0 Å². The molecule has 7 heteroatoms. The van der Waals surface area contributed by atoms with Crippen LogP contribution in [0.3, 0.4) is 0 Å². The first kappa shape index (κ1) is 22.4. The van der Waals surface area contributed by atoms with Crippen molar-refractivity contribution in [2.45, 2.75) is 45.2 Å². The van der Waals surface area contributed by atoms with Crippen molar-refractivity contribution in [3.8, 4) is 6.07 Å². The number of pyridine rings is 1. The molecule has 2 amide bonds. The van der Waals surface area contributed by atoms with Gasteiger partial charge in [-0.15, -0.1) is 0 Å². The van der Waals surface area contributed by atoms with E-state index in [0.29, 0.717) is 0 Å². The third-order valence-corrected chi connectivity index (χ3v) is 5.68. The third kappa shape index (κ3) is 5.47. The number of hydrogen-bond acceptors (Lipinski definition) is 5. The molecule has 1 unspecified atom stereocenters. The second-order valence-electron chi connectivity index (χ2n) is 8.17. The molecule has 0 saturated carbocycles. The Morgan fingerprint density at radius 2 is 1.90 bits per heavy atom. The van der Waals surface area contributed by atoms with Crippen molar-refractivity contribution in [2.24, 2.45) is 5.73 Å². The number of nitrogens with two attached hydrogens (primary N) is 1. The number of likely N-dealkylation sites (tertiary alicyclic amines) is 1. The Kier molecular flexibility index (Phi) is 7.37. The number of nitriles is 1. The van der Waals surface area contributed by atoms with Gasteiger partial charge in [-0.2, -0.15) is 5.26 Å². The molecule has 0 radical (unpaired) electrons. The van der Waals surface area contributed by atoms with E-state index in [1.54, 1.807) is 18.5 Å². The summed E-state index contributed by atoms with van der Waals surface area (Å²) in [5, 5.41) is 9.47. The summed E-state index contributed by atoms with van der Waals surface area (Å²) in [5.74, 6) is -0.904. The van der Waals surface area contributed by atoms with Crippen molar-refractivity contribution in [3.63, 3.8) is 0 Å². The van der Waals surface area contributed by atoms with Crippen LogP contribution in [0.2, 0.25) is 0 Å². The molecule has 2 heterocycles. The second-order valence-corrected chi connectivity index (χ2v) is 8.17. The molecule has 31 heavy (non-hydrogen) atoms. The van der Waals surface area contributed by atoms with Crippen LogP contribution in [0.15, 0.2) is 42.7 Å². The normalized spacial score (nSPS) is 15.8. The number of carbonyl (C=O) groups is 2. The van der Waals surface area contributed by atoms with Crippen LogP contribution >= 0.6 is 0 Å². The number of aromatic nitrogens is 1. The summed E-state index contributed by atoms with van der Waals surface area (Å²) >= 11 is 0. The number of carbonyl (C=O) groups excluding carboxylic acids is 2. The summed E-state index contributed by atoms with van der Waals surface area (Å²) in [6.07, 6.45) is 5.61. The largest absolute Gasteiger partial charge is 0.368 e. The lowest BCUT2D eigenvalue weighted by Gasteiger charge is -2.34. The zero-order chi connectivity index (χ0) is 22.4. The first-order valence-electron chi connectivity index (χ1n) is 10.6. The summed E-state index contributed by atoms with van der Waals surface area (Å²) in [4.78, 5) is 33.9. The fraction of sp³-hybridized carbons (Fsp3) is 0.417. The fourth-order valence-electron chi connectivity index (χ4n) is 4.40. The van der Waals surface area contributed by atoms with Crippen molar-refractivity contribution >= 4 is 11.8 Å². The average molecular weight is 420 g/mol. The van der Waals surface area contributed by atoms with Gasteiger partial charge in [-0.05, 0) is 57.0 Å². The van der Waals surface area contributed by atoms with E-state index in [2.05, 4.69) is 16.0 Å². The highest BCUT2D eigenvalue weighted by Crippen LogP contribution is 2.28. The van der Waals surface area contributed by atoms with Crippen molar-refractivity contribution in [3.05, 3.63) is 65.0 Å². The van der Waals surface area contributed by atoms with Gasteiger partial charge in [-0.3, -0.25) is 19.5 Å². The van der Waals surface area contributed by atoms with Crippen LogP contribution in [0.25, 0.3) is 0 Å². The molecule has 2 atom stereocenters. The maximum absolute atomic E-state index is 13.8. The van der Waals surface area contributed by atoms with Crippen molar-refractivity contribution in [2.75, 3.05) is 19.6 Å². The Hall–Kier alpha value is -3.24. The Labute approximate surface area is 183 Å². The van der Waals surface area contributed by atoms with E-state index in [9.17, 15) is 14.9 Å². The van der Waals surface area contributed by atoms with Crippen molar-refractivity contribution in [1.82, 2.24) is 14.8 Å². The minimum atomic E-state index is -0.907. The first-order valence-corrected chi connectivity index (χ1v) is 10.6. The molecule has 3 rings (SSSR count). The molecular formula is C24H29N5O2. The highest BCUT2D eigenvalue weighted by Gasteiger charge is 2.37. The Morgan fingerprint density at radius 1 is 1.23 bits per heavy atom. The molecule has 0 bridgehead atoms. The highest BCUT2D eigenvalue weighted by atomic mass is 16.2. The van der Waals surface area contributed by atoms with E-state index >= 15 is 0 Å². The molecule has 1 saturated heterocycles. The Bertz CT molecular complexity index is 943. The maximum atomic E-state index is 13.8. The number of aryl methyl sites for hydroxylation is 2. The quantitative estimate of drug-likeness (QED) is 0.661. The van der Waals surface area contributed by atoms with Gasteiger partial charge in [0.25, 0.3) is 0 Å². The molecule has 1 aromatic carbocycles. The van der Waals surface area contributed by atoms with Gasteiger partial charge >= 0.3 is 0 Å². The summed E-state index contributed by atoms with van der Waals surface area (Å²) in [5.41, 5.74) is 9.57. The van der Waals surface area contributed by atoms with Crippen molar-refractivity contribution in [1.29, 1.82) is 5.26 Å². The van der Waals surface area contributed by atoms with Gasteiger partial charge in [0.05, 0.1) is 6.07 Å². The topological polar surface area (TPSA) is 103 Å². The summed E-state index contributed by atoms with van der Waals surface area (Å²) in [6.45, 7) is 5.33. The molecular weight excluding hydrogens is 390 g/mol. The van der Waals surface area contributed by atoms with E-state index in [1.807, 2.05) is 38.1 Å². The summed E-state index contributed by atoms with van der Waals surface area (Å²) < 4.78 is 0. The molecule has 2 aromatic rings. The van der Waals surface area contributed by atoms with Crippen LogP contribution in [-0.4, -0.2) is 52.3 Å². The summed E-state index contributed by atoms with van der Waals surface area (Å²) in [6, 6.07) is 10.2. The van der Waals surface area contributed by atoms with Crippen LogP contribution < -0.4 is 5.73 Å². The minimum Gasteiger partial charge on any atom is -0.368 e. The molecule has 0 spiro atoms. The molecule has 7 nitrogen and oxygen atoms in total. The standard InChI is InChI=1S/C24H29N5O2/c1-17-12-18(2)14-19(13-17)15-21(23(26)30)29(11-7-25)24(31)22(28-9-3-4-10-28)20-6-5-8-27-16-20/h5-6,8,12-14,16,21-22H,3-4,9-11,15H2,1-2H3,(H2,26,30)/t21-,22?/m0/s1. The molecule has 1 aromatic heterocycles. The van der Waals surface area contributed by atoms with Gasteiger partial charge in [-0.25, -0.2) is 0 Å². The predicted molar refractivity (Wildman–Crippen MR) is 118 cm³/mol. The van der Waals surface area contributed by atoms with E-state index in [-0.39, 0.29) is 18.9 Å². The lowest BCUT2D eigenvalue weighted by Crippen LogP contribution is -2.53. The van der Waals surface area contributed by atoms with Crippen LogP contribution in [0.5, 0.6) is 0 Å². The number of hydrogen-bond donors (Lipinski definition) is 1. The average Bonchev–Trinajstić information content (AvgIpc) is 3.25. The fourth-order valence-corrected chi connectivity index (χ4v) is 4.40. The van der Waals surface area contributed by atoms with E-state index in [0.717, 1.165) is 48.2 Å². The zero-order valence-corrected chi connectivity index (χ0v) is 18.1. The van der Waals surface area contributed by atoms with E-state index in [4.69, 9.17) is 5.73 Å². The third-order valence-electron chi connectivity index (χ3n) is 5.68. The molecule has 1 aliphatic rings. The van der Waals surface area contributed by atoms with Gasteiger partial charge in [0.1, 0.15) is 18.6 Å². The number of nitrogens with zero attached hydrogens (tertiary/aromatic N) is 4. The SMILES string of the molecule is Cc1cc(C)cc(C[C@@H](C(N)=O)N(CC#N)C(=O)C(c2cccnc2)N2CCCC2)c1. The Balaban J connectivity index is 1.96. The van der Waals surface area contributed by atoms with Crippen molar-refractivity contribution < 1.29 is 9.59 Å². The van der Waals surface area contributed by atoms with Crippen LogP contribution in [0.1, 0.15) is 41.1 Å². The van der Waals surface area contributed by atoms with Gasteiger partial charge < -0.3 is 10.6 Å². The monoisotopic (exact) mass is 419 g/mol. The minimum absolute atomic E-state index is 0.207. The van der Waals surface area contributed by atoms with Crippen LogP contribution in [-0.2, 0) is 16.0 Å². The first-order chi connectivity index (χ1) is 14.9. The second kappa shape index (κ2) is 10.2. The lowest BCUT2D eigenvalue weighted by molar-refractivity contribution is -0.143. The molecule has 1 aliphatic heterocycles. The lowest BCUT2D eigenvalue weighted by atomic mass is 9.98. The number of primary amides is 1. The molecule has 162 valence electrons. The maximum Gasteiger partial charge on any atom is 0.246 e. The zero-order valence-electron chi connectivity index (χ0n) is 18.1. The van der Waals surface area contributed by atoms with Gasteiger partial charge in [-0.1, -0.05) is 35.4 Å². The van der Waals surface area contributed by atoms with E-state index in [1.165, 1.54) is 4.90 Å². The molecule has 1 fully saturated rings. The van der Waals surface area contributed by atoms with Crippen LogP contribution in [0, 0.1) is 25.2 Å². The predicted octanol–water partition coefficient (Wildman–Crippen LogP) is 2.28. The number of rotatable bonds is 8. The van der Waals surface area contributed by atoms with Gasteiger partial charge in [0, 0.05) is 18.8 Å². The smallest absolute Gasteiger partial charge is 0.246 e.